The highest BCUT2D eigenvalue weighted by Crippen LogP contribution is 2.03. The van der Waals surface area contributed by atoms with Gasteiger partial charge in [0.15, 0.2) is 5.60 Å². The van der Waals surface area contributed by atoms with Crippen molar-refractivity contribution in [3.8, 4) is 0 Å². The first kappa shape index (κ1) is 15.3. The van der Waals surface area contributed by atoms with Crippen LogP contribution in [0.25, 0.3) is 0 Å². The zero-order valence-electron chi connectivity index (χ0n) is 10.4. The maximum Gasteiger partial charge on any atom is 0.338 e. The summed E-state index contributed by atoms with van der Waals surface area (Å²) in [5.74, 6) is -0.632. The summed E-state index contributed by atoms with van der Waals surface area (Å²) in [7, 11) is 1.25. The molecule has 1 atom stereocenters. The lowest BCUT2D eigenvalue weighted by Crippen LogP contribution is -2.46. The largest absolute Gasteiger partial charge is 0.467 e. The zero-order chi connectivity index (χ0) is 12.4. The van der Waals surface area contributed by atoms with Gasteiger partial charge in [-0.25, -0.2) is 4.79 Å². The molecule has 0 saturated heterocycles. The second kappa shape index (κ2) is 8.50. The van der Waals surface area contributed by atoms with Gasteiger partial charge in [-0.15, -0.1) is 0 Å². The van der Waals surface area contributed by atoms with E-state index < -0.39 is 11.6 Å². The Hall–Kier alpha value is -0.650. The van der Waals surface area contributed by atoms with Crippen molar-refractivity contribution in [1.82, 2.24) is 5.32 Å². The number of esters is 1. The number of hydrogen-bond acceptors (Lipinski definition) is 5. The van der Waals surface area contributed by atoms with E-state index in [-0.39, 0.29) is 6.54 Å². The van der Waals surface area contributed by atoms with E-state index >= 15 is 0 Å². The molecular weight excluding hydrogens is 210 g/mol. The van der Waals surface area contributed by atoms with Gasteiger partial charge in [-0.3, -0.25) is 0 Å². The number of nitrogens with one attached hydrogen (secondary N) is 1. The van der Waals surface area contributed by atoms with Crippen LogP contribution in [-0.2, 0) is 14.3 Å². The van der Waals surface area contributed by atoms with Gasteiger partial charge >= 0.3 is 5.97 Å². The third kappa shape index (κ3) is 6.76. The highest BCUT2D eigenvalue weighted by atomic mass is 16.5. The number of rotatable bonds is 9. The lowest BCUT2D eigenvalue weighted by Gasteiger charge is -2.20. The van der Waals surface area contributed by atoms with Gasteiger partial charge in [0.2, 0.25) is 0 Å². The summed E-state index contributed by atoms with van der Waals surface area (Å²) < 4.78 is 9.78. The van der Waals surface area contributed by atoms with Crippen LogP contribution in [0.1, 0.15) is 26.7 Å². The fourth-order valence-corrected chi connectivity index (χ4v) is 1.12. The molecule has 2 N–H and O–H groups in total. The molecular formula is C11H23NO4. The van der Waals surface area contributed by atoms with Gasteiger partial charge in [-0.2, -0.15) is 0 Å². The molecule has 16 heavy (non-hydrogen) atoms. The predicted molar refractivity (Wildman–Crippen MR) is 61.2 cm³/mol. The molecule has 1 unspecified atom stereocenters. The van der Waals surface area contributed by atoms with Crippen molar-refractivity contribution in [1.29, 1.82) is 0 Å². The summed E-state index contributed by atoms with van der Waals surface area (Å²) in [6.07, 6.45) is 2.17. The van der Waals surface area contributed by atoms with Gasteiger partial charge in [-0.05, 0) is 13.3 Å². The first-order valence-electron chi connectivity index (χ1n) is 5.64. The van der Waals surface area contributed by atoms with Crippen LogP contribution in [0.2, 0.25) is 0 Å². The second-order valence-corrected chi connectivity index (χ2v) is 3.91. The van der Waals surface area contributed by atoms with E-state index in [9.17, 15) is 9.90 Å². The quantitative estimate of drug-likeness (QED) is 0.443. The molecule has 0 aromatic rings. The van der Waals surface area contributed by atoms with E-state index in [4.69, 9.17) is 4.74 Å². The molecule has 0 aliphatic rings. The first-order chi connectivity index (χ1) is 7.54. The smallest absolute Gasteiger partial charge is 0.338 e. The molecule has 0 aliphatic heterocycles. The number of methoxy groups -OCH3 is 1. The van der Waals surface area contributed by atoms with E-state index in [2.05, 4.69) is 17.0 Å². The van der Waals surface area contributed by atoms with Gasteiger partial charge in [0.05, 0.1) is 13.7 Å². The van der Waals surface area contributed by atoms with Crippen LogP contribution in [0.4, 0.5) is 0 Å². The van der Waals surface area contributed by atoms with Crippen molar-refractivity contribution < 1.29 is 19.4 Å². The Morgan fingerprint density at radius 3 is 2.69 bits per heavy atom. The minimum absolute atomic E-state index is 0.164. The van der Waals surface area contributed by atoms with Crippen LogP contribution in [0, 0.1) is 0 Å². The maximum atomic E-state index is 11.1. The van der Waals surface area contributed by atoms with Gasteiger partial charge in [0.1, 0.15) is 0 Å². The van der Waals surface area contributed by atoms with Gasteiger partial charge in [0.25, 0.3) is 0 Å². The summed E-state index contributed by atoms with van der Waals surface area (Å²) in [6, 6.07) is 0. The standard InChI is InChI=1S/C11H23NO4/c1-4-5-7-16-8-6-12-9-11(2,14)10(13)15-3/h12,14H,4-9H2,1-3H3. The molecule has 0 aromatic carbocycles. The molecule has 96 valence electrons. The molecule has 0 saturated carbocycles. The minimum atomic E-state index is -1.47. The highest BCUT2D eigenvalue weighted by molar-refractivity contribution is 5.78. The lowest BCUT2D eigenvalue weighted by molar-refractivity contribution is -0.159. The summed E-state index contributed by atoms with van der Waals surface area (Å²) in [4.78, 5) is 11.1. The molecule has 0 aromatic heterocycles. The Bertz CT molecular complexity index is 194. The normalized spacial score (nSPS) is 14.5. The third-order valence-electron chi connectivity index (χ3n) is 2.16. The minimum Gasteiger partial charge on any atom is -0.467 e. The van der Waals surface area contributed by atoms with Crippen molar-refractivity contribution >= 4 is 5.97 Å². The summed E-state index contributed by atoms with van der Waals surface area (Å²) in [5, 5.41) is 12.6. The third-order valence-corrected chi connectivity index (χ3v) is 2.16. The fourth-order valence-electron chi connectivity index (χ4n) is 1.12. The van der Waals surface area contributed by atoms with E-state index in [1.807, 2.05) is 0 Å². The van der Waals surface area contributed by atoms with Crippen LogP contribution in [0.3, 0.4) is 0 Å². The summed E-state index contributed by atoms with van der Waals surface area (Å²) in [6.45, 7) is 5.63. The second-order valence-electron chi connectivity index (χ2n) is 3.91. The number of unbranched alkanes of at least 4 members (excludes halogenated alkanes) is 1. The summed E-state index contributed by atoms with van der Waals surface area (Å²) in [5.41, 5.74) is -1.47. The van der Waals surface area contributed by atoms with Gasteiger partial charge < -0.3 is 19.9 Å². The fraction of sp³-hybridized carbons (Fsp3) is 0.909. The van der Waals surface area contributed by atoms with E-state index in [0.717, 1.165) is 19.4 Å². The van der Waals surface area contributed by atoms with Gasteiger partial charge in [0, 0.05) is 19.7 Å². The number of carbonyl (C=O) groups excluding carboxylic acids is 1. The Balaban J connectivity index is 3.47. The Morgan fingerprint density at radius 2 is 2.12 bits per heavy atom. The van der Waals surface area contributed by atoms with Crippen LogP contribution >= 0.6 is 0 Å². The molecule has 0 spiro atoms. The van der Waals surface area contributed by atoms with E-state index in [0.29, 0.717) is 13.2 Å². The van der Waals surface area contributed by atoms with Crippen molar-refractivity contribution in [2.75, 3.05) is 33.4 Å². The van der Waals surface area contributed by atoms with E-state index in [1.54, 1.807) is 0 Å². The molecule has 0 heterocycles. The molecule has 0 amide bonds. The predicted octanol–water partition coefficient (Wildman–Crippen LogP) is 0.317. The molecule has 0 fully saturated rings. The molecule has 0 bridgehead atoms. The average Bonchev–Trinajstić information content (AvgIpc) is 2.26. The summed E-state index contributed by atoms with van der Waals surface area (Å²) >= 11 is 0. The van der Waals surface area contributed by atoms with Crippen LogP contribution in [0.5, 0.6) is 0 Å². The number of hydrogen-bond donors (Lipinski definition) is 2. The lowest BCUT2D eigenvalue weighted by atomic mass is 10.1. The van der Waals surface area contributed by atoms with Crippen molar-refractivity contribution in [3.05, 3.63) is 0 Å². The highest BCUT2D eigenvalue weighted by Gasteiger charge is 2.30. The molecule has 5 heteroatoms. The molecule has 0 rings (SSSR count). The maximum absolute atomic E-state index is 11.1. The average molecular weight is 233 g/mol. The van der Waals surface area contributed by atoms with Crippen LogP contribution < -0.4 is 5.32 Å². The Kier molecular flexibility index (Phi) is 8.15. The topological polar surface area (TPSA) is 67.8 Å². The SMILES string of the molecule is CCCCOCCNCC(C)(O)C(=O)OC. The van der Waals surface area contributed by atoms with Crippen molar-refractivity contribution in [2.24, 2.45) is 0 Å². The van der Waals surface area contributed by atoms with Crippen LogP contribution in [-0.4, -0.2) is 50.1 Å². The number of carbonyl (C=O) groups is 1. The van der Waals surface area contributed by atoms with Crippen LogP contribution in [0.15, 0.2) is 0 Å². The number of aliphatic hydroxyl groups is 1. The van der Waals surface area contributed by atoms with Gasteiger partial charge in [-0.1, -0.05) is 13.3 Å². The first-order valence-corrected chi connectivity index (χ1v) is 5.64. The molecule has 0 aliphatic carbocycles. The molecule has 0 radical (unpaired) electrons. The van der Waals surface area contributed by atoms with Crippen molar-refractivity contribution in [2.45, 2.75) is 32.3 Å². The molecule has 5 nitrogen and oxygen atoms in total. The van der Waals surface area contributed by atoms with E-state index in [1.165, 1.54) is 14.0 Å². The monoisotopic (exact) mass is 233 g/mol. The van der Waals surface area contributed by atoms with Crippen molar-refractivity contribution in [3.63, 3.8) is 0 Å². The Morgan fingerprint density at radius 1 is 1.44 bits per heavy atom. The Labute approximate surface area is 97.1 Å². The number of ether oxygens (including phenoxy) is 2. The zero-order valence-corrected chi connectivity index (χ0v) is 10.4.